The summed E-state index contributed by atoms with van der Waals surface area (Å²) in [5, 5.41) is 0.587. The van der Waals surface area contributed by atoms with Gasteiger partial charge in [-0.1, -0.05) is 24.3 Å². The Hall–Kier alpha value is -4.21. The highest BCUT2D eigenvalue weighted by Crippen LogP contribution is 2.26. The van der Waals surface area contributed by atoms with Crippen LogP contribution in [0.2, 0.25) is 0 Å². The number of carbonyl (C=O) groups is 1. The van der Waals surface area contributed by atoms with Gasteiger partial charge in [0.1, 0.15) is 5.75 Å². The van der Waals surface area contributed by atoms with E-state index in [2.05, 4.69) is 14.9 Å². The minimum absolute atomic E-state index is 0.0821. The van der Waals surface area contributed by atoms with Gasteiger partial charge in [-0.2, -0.15) is 0 Å². The molecule has 0 aliphatic carbocycles. The van der Waals surface area contributed by atoms with Crippen molar-refractivity contribution < 1.29 is 13.9 Å². The molecule has 1 aliphatic rings. The van der Waals surface area contributed by atoms with Crippen molar-refractivity contribution in [3.05, 3.63) is 70.8 Å². The summed E-state index contributed by atoms with van der Waals surface area (Å²) in [4.78, 5) is 37.5. The molecule has 2 aromatic carbocycles. The zero-order valence-electron chi connectivity index (χ0n) is 21.1. The number of amides is 1. The Morgan fingerprint density at radius 3 is 2.43 bits per heavy atom. The molecule has 0 spiro atoms. The number of ether oxygens (including phenoxy) is 1. The lowest BCUT2D eigenvalue weighted by atomic mass is 10.1. The minimum atomic E-state index is -1.45. The number of hydrogen-bond acceptors (Lipinski definition) is 6. The summed E-state index contributed by atoms with van der Waals surface area (Å²) in [5.74, 6) is 1.15. The zero-order valence-corrected chi connectivity index (χ0v) is 21.1. The number of fused-ring (bicyclic) bond motifs is 1. The number of halogens is 1. The number of alkyl halides is 1. The highest BCUT2D eigenvalue weighted by Gasteiger charge is 2.20. The first-order valence-corrected chi connectivity index (χ1v) is 12.2. The number of piperazine rings is 1. The van der Waals surface area contributed by atoms with E-state index in [4.69, 9.17) is 4.74 Å². The van der Waals surface area contributed by atoms with E-state index < -0.39 is 6.36 Å². The van der Waals surface area contributed by atoms with Crippen LogP contribution in [0.25, 0.3) is 22.0 Å². The predicted molar refractivity (Wildman–Crippen MR) is 139 cm³/mol. The first-order chi connectivity index (χ1) is 17.8. The van der Waals surface area contributed by atoms with Crippen LogP contribution in [0, 0.1) is 0 Å². The van der Waals surface area contributed by atoms with E-state index >= 15 is 0 Å². The van der Waals surface area contributed by atoms with Gasteiger partial charge in [0.15, 0.2) is 0 Å². The maximum atomic E-state index is 13.6. The van der Waals surface area contributed by atoms with Gasteiger partial charge >= 0.3 is 0 Å². The number of carbonyl (C=O) groups excluding carboxylic acids is 1. The maximum absolute atomic E-state index is 13.6. The Labute approximate surface area is 213 Å². The van der Waals surface area contributed by atoms with E-state index in [0.717, 1.165) is 22.2 Å². The van der Waals surface area contributed by atoms with E-state index in [9.17, 15) is 14.0 Å². The summed E-state index contributed by atoms with van der Waals surface area (Å²) in [7, 11) is 1.72. The molecule has 1 unspecified atom stereocenters. The monoisotopic (exact) mass is 504 g/mol. The highest BCUT2D eigenvalue weighted by molar-refractivity contribution is 5.84. The molecule has 37 heavy (non-hydrogen) atoms. The number of para-hydroxylation sites is 1. The van der Waals surface area contributed by atoms with Crippen molar-refractivity contribution in [3.8, 4) is 16.9 Å². The van der Waals surface area contributed by atoms with Crippen LogP contribution in [-0.2, 0) is 18.4 Å². The maximum Gasteiger partial charge on any atom is 0.274 e. The van der Waals surface area contributed by atoms with Crippen LogP contribution in [0.1, 0.15) is 19.4 Å². The van der Waals surface area contributed by atoms with Gasteiger partial charge < -0.3 is 14.5 Å². The molecule has 9 nitrogen and oxygen atoms in total. The summed E-state index contributed by atoms with van der Waals surface area (Å²) in [6.45, 7) is 5.94. The van der Waals surface area contributed by atoms with Gasteiger partial charge in [0.05, 0.1) is 17.4 Å². The van der Waals surface area contributed by atoms with E-state index in [-0.39, 0.29) is 11.5 Å². The molecule has 0 radical (unpaired) electrons. The smallest absolute Gasteiger partial charge is 0.274 e. The number of nitrogens with zero attached hydrogens (tertiary/aromatic N) is 6. The first kappa shape index (κ1) is 24.5. The Kier molecular flexibility index (Phi) is 6.64. The highest BCUT2D eigenvalue weighted by atomic mass is 19.1. The average Bonchev–Trinajstić information content (AvgIpc) is 3.14. The minimum Gasteiger partial charge on any atom is -0.460 e. The van der Waals surface area contributed by atoms with E-state index in [1.54, 1.807) is 43.2 Å². The van der Waals surface area contributed by atoms with Crippen molar-refractivity contribution >= 4 is 22.8 Å². The molecule has 1 atom stereocenters. The number of benzene rings is 2. The lowest BCUT2D eigenvalue weighted by molar-refractivity contribution is -0.129. The van der Waals surface area contributed by atoms with Crippen molar-refractivity contribution in [3.63, 3.8) is 0 Å². The molecule has 5 rings (SSSR count). The molecular formula is C27H29FN6O3. The number of anilines is 1. The third-order valence-electron chi connectivity index (χ3n) is 6.72. The lowest BCUT2D eigenvalue weighted by Crippen LogP contribution is -2.48. The fraction of sp³-hybridized carbons (Fsp3) is 0.333. The van der Waals surface area contributed by atoms with E-state index in [1.165, 1.54) is 6.92 Å². The zero-order chi connectivity index (χ0) is 26.1. The van der Waals surface area contributed by atoms with Gasteiger partial charge in [-0.15, -0.1) is 0 Å². The van der Waals surface area contributed by atoms with Crippen LogP contribution in [0.4, 0.5) is 10.3 Å². The van der Waals surface area contributed by atoms with Crippen LogP contribution >= 0.6 is 0 Å². The van der Waals surface area contributed by atoms with Crippen molar-refractivity contribution in [2.24, 2.45) is 7.05 Å². The molecule has 1 fully saturated rings. The largest absolute Gasteiger partial charge is 0.460 e. The molecule has 2 aromatic heterocycles. The van der Waals surface area contributed by atoms with Gasteiger partial charge in [0.25, 0.3) is 5.56 Å². The van der Waals surface area contributed by atoms with Gasteiger partial charge in [-0.05, 0) is 23.8 Å². The topological polar surface area (TPSA) is 85.5 Å². The van der Waals surface area contributed by atoms with Gasteiger partial charge in [0.2, 0.25) is 18.2 Å². The lowest BCUT2D eigenvalue weighted by Gasteiger charge is -2.34. The summed E-state index contributed by atoms with van der Waals surface area (Å²) in [5.41, 5.74) is 3.10. The van der Waals surface area contributed by atoms with Gasteiger partial charge in [-0.3, -0.25) is 19.0 Å². The van der Waals surface area contributed by atoms with Crippen LogP contribution in [-0.4, -0.2) is 62.7 Å². The van der Waals surface area contributed by atoms with E-state index in [0.29, 0.717) is 49.8 Å². The number of rotatable bonds is 6. The molecule has 1 saturated heterocycles. The Balaban J connectivity index is 1.43. The molecule has 4 aromatic rings. The molecular weight excluding hydrogens is 475 g/mol. The number of hydrogen-bond donors (Lipinski definition) is 0. The second-order valence-corrected chi connectivity index (χ2v) is 9.15. The number of aromatic nitrogens is 4. The normalized spacial score (nSPS) is 14.7. The van der Waals surface area contributed by atoms with E-state index in [1.807, 2.05) is 39.9 Å². The Morgan fingerprint density at radius 2 is 1.76 bits per heavy atom. The molecule has 10 heteroatoms. The summed E-state index contributed by atoms with van der Waals surface area (Å²) < 4.78 is 22.3. The molecule has 0 N–H and O–H groups in total. The molecule has 0 bridgehead atoms. The van der Waals surface area contributed by atoms with Gasteiger partial charge in [-0.25, -0.2) is 14.4 Å². The van der Waals surface area contributed by atoms with Crippen molar-refractivity contribution in [1.82, 2.24) is 24.2 Å². The van der Waals surface area contributed by atoms with Crippen molar-refractivity contribution in [2.45, 2.75) is 26.7 Å². The quantitative estimate of drug-likeness (QED) is 0.401. The second-order valence-electron chi connectivity index (χ2n) is 9.15. The van der Waals surface area contributed by atoms with Crippen LogP contribution in [0.5, 0.6) is 5.75 Å². The molecule has 1 amide bonds. The standard InChI is InChI=1S/C27H29FN6O3/c1-18(28)37-25-7-5-4-6-21(25)17-34-24-14-20(8-9-23(24)26(36)31(34)3)22-15-29-27(30-16-22)33-12-10-32(11-13-33)19(2)35/h4-9,14-16,18H,10-13,17H2,1-3H3. The second kappa shape index (κ2) is 10.0. The molecule has 192 valence electrons. The van der Waals surface area contributed by atoms with Gasteiger partial charge in [0, 0.05) is 70.6 Å². The molecule has 0 saturated carbocycles. The third kappa shape index (κ3) is 4.91. The SMILES string of the molecule is CC(=O)N1CCN(c2ncc(-c3ccc4c(=O)n(C)n(Cc5ccccc5OC(C)F)c4c3)cn2)CC1. The summed E-state index contributed by atoms with van der Waals surface area (Å²) >= 11 is 0. The molecule has 1 aliphatic heterocycles. The van der Waals surface area contributed by atoms with Crippen molar-refractivity contribution in [2.75, 3.05) is 31.1 Å². The predicted octanol–water partition coefficient (Wildman–Crippen LogP) is 3.21. The van der Waals surface area contributed by atoms with Crippen LogP contribution < -0.4 is 15.2 Å². The first-order valence-electron chi connectivity index (χ1n) is 12.2. The fourth-order valence-electron chi connectivity index (χ4n) is 4.68. The summed E-state index contributed by atoms with van der Waals surface area (Å²) in [6, 6.07) is 12.9. The Morgan fingerprint density at radius 1 is 1.05 bits per heavy atom. The Bertz CT molecular complexity index is 1490. The average molecular weight is 505 g/mol. The molecule has 3 heterocycles. The van der Waals surface area contributed by atoms with Crippen LogP contribution in [0.15, 0.2) is 59.7 Å². The fourth-order valence-corrected chi connectivity index (χ4v) is 4.68. The summed E-state index contributed by atoms with van der Waals surface area (Å²) in [6.07, 6.45) is 2.11. The van der Waals surface area contributed by atoms with Crippen LogP contribution in [0.3, 0.4) is 0 Å². The van der Waals surface area contributed by atoms with Crippen molar-refractivity contribution in [1.29, 1.82) is 0 Å². The third-order valence-corrected chi connectivity index (χ3v) is 6.72.